The zero-order valence-electron chi connectivity index (χ0n) is 18.2. The molecule has 3 aromatic carbocycles. The molecule has 1 amide bonds. The minimum atomic E-state index is -0.322. The number of halogens is 2. The third-order valence-corrected chi connectivity index (χ3v) is 5.67. The van der Waals surface area contributed by atoms with Gasteiger partial charge in [-0.3, -0.25) is 4.79 Å². The summed E-state index contributed by atoms with van der Waals surface area (Å²) in [7, 11) is 1.61. The summed E-state index contributed by atoms with van der Waals surface area (Å²) in [6.45, 7) is 2.87. The maximum Gasteiger partial charge on any atom is 0.271 e. The number of hydrazone groups is 1. The van der Waals surface area contributed by atoms with Crippen molar-refractivity contribution in [1.29, 1.82) is 0 Å². The van der Waals surface area contributed by atoms with Crippen LogP contribution in [0.1, 0.15) is 29.3 Å². The van der Waals surface area contributed by atoms with Gasteiger partial charge in [-0.05, 0) is 72.6 Å². The van der Waals surface area contributed by atoms with Gasteiger partial charge in [0.15, 0.2) is 0 Å². The van der Waals surface area contributed by atoms with Crippen molar-refractivity contribution >= 4 is 46.4 Å². The predicted octanol–water partition coefficient (Wildman–Crippen LogP) is 6.19. The quantitative estimate of drug-likeness (QED) is 0.253. The summed E-state index contributed by atoms with van der Waals surface area (Å²) < 4.78 is 7.24. The van der Waals surface area contributed by atoms with Crippen LogP contribution in [0.3, 0.4) is 0 Å². The fourth-order valence-electron chi connectivity index (χ4n) is 3.52. The van der Waals surface area contributed by atoms with Crippen molar-refractivity contribution in [1.82, 2.24) is 15.0 Å². The number of rotatable bonds is 7. The lowest BCUT2D eigenvalue weighted by atomic mass is 10.2. The third kappa shape index (κ3) is 5.02. The molecule has 168 valence electrons. The number of aromatic nitrogens is 2. The van der Waals surface area contributed by atoms with Gasteiger partial charge in [-0.15, -0.1) is 0 Å². The van der Waals surface area contributed by atoms with Crippen molar-refractivity contribution in [3.63, 3.8) is 0 Å². The first-order chi connectivity index (χ1) is 16.0. The van der Waals surface area contributed by atoms with Crippen LogP contribution in [0.4, 0.5) is 0 Å². The molecule has 0 aliphatic rings. The number of nitrogens with one attached hydrogen (secondary N) is 1. The highest BCUT2D eigenvalue weighted by Crippen LogP contribution is 2.32. The van der Waals surface area contributed by atoms with Crippen molar-refractivity contribution in [3.05, 3.63) is 81.8 Å². The number of aryl methyl sites for hydroxylation is 1. The van der Waals surface area contributed by atoms with E-state index in [9.17, 15) is 4.79 Å². The lowest BCUT2D eigenvalue weighted by Gasteiger charge is -2.09. The van der Waals surface area contributed by atoms with Gasteiger partial charge in [0.25, 0.3) is 5.91 Å². The van der Waals surface area contributed by atoms with E-state index in [4.69, 9.17) is 32.9 Å². The number of ether oxygens (including phenoxy) is 1. The molecule has 4 rings (SSSR count). The smallest absolute Gasteiger partial charge is 0.271 e. The standard InChI is InChI=1S/C25H22Cl2N4O2/c1-3-12-31-23-11-6-17(25(32)30-28-15-16-4-8-19(33-2)9-5-16)13-22(23)29-24(31)20-10-7-18(26)14-21(20)27/h4-11,13-15H,3,12H2,1-2H3,(H,30,32)/b28-15+. The molecule has 1 heterocycles. The molecule has 1 aromatic heterocycles. The average Bonchev–Trinajstić information content (AvgIpc) is 3.17. The largest absolute Gasteiger partial charge is 0.497 e. The number of nitrogens with zero attached hydrogens (tertiary/aromatic N) is 3. The van der Waals surface area contributed by atoms with E-state index in [0.717, 1.165) is 41.2 Å². The normalized spacial score (nSPS) is 11.3. The summed E-state index contributed by atoms with van der Waals surface area (Å²) >= 11 is 12.5. The van der Waals surface area contributed by atoms with E-state index >= 15 is 0 Å². The predicted molar refractivity (Wildman–Crippen MR) is 134 cm³/mol. The molecule has 0 unspecified atom stereocenters. The number of hydrogen-bond acceptors (Lipinski definition) is 4. The van der Waals surface area contributed by atoms with Gasteiger partial charge in [0.05, 0.1) is 29.4 Å². The molecule has 0 fully saturated rings. The molecule has 0 bridgehead atoms. The first-order valence-corrected chi connectivity index (χ1v) is 11.2. The second-order valence-corrected chi connectivity index (χ2v) is 8.23. The van der Waals surface area contributed by atoms with Crippen LogP contribution >= 0.6 is 23.2 Å². The number of benzene rings is 3. The Morgan fingerprint density at radius 3 is 2.61 bits per heavy atom. The van der Waals surface area contributed by atoms with E-state index in [1.165, 1.54) is 0 Å². The van der Waals surface area contributed by atoms with Crippen molar-refractivity contribution in [2.24, 2.45) is 5.10 Å². The Bertz CT molecular complexity index is 1330. The lowest BCUT2D eigenvalue weighted by molar-refractivity contribution is 0.0955. The first kappa shape index (κ1) is 22.8. The molecule has 0 atom stereocenters. The van der Waals surface area contributed by atoms with Crippen LogP contribution in [0.2, 0.25) is 10.0 Å². The van der Waals surface area contributed by atoms with Gasteiger partial charge in [0.2, 0.25) is 0 Å². The molecule has 0 aliphatic carbocycles. The van der Waals surface area contributed by atoms with Crippen LogP contribution in [0.5, 0.6) is 5.75 Å². The molecular weight excluding hydrogens is 459 g/mol. The number of fused-ring (bicyclic) bond motifs is 1. The molecule has 33 heavy (non-hydrogen) atoms. The Kier molecular flexibility index (Phi) is 6.96. The molecule has 0 radical (unpaired) electrons. The van der Waals surface area contributed by atoms with E-state index < -0.39 is 0 Å². The maximum absolute atomic E-state index is 12.6. The van der Waals surface area contributed by atoms with Crippen molar-refractivity contribution in [3.8, 4) is 17.1 Å². The van der Waals surface area contributed by atoms with Gasteiger partial charge in [0.1, 0.15) is 11.6 Å². The van der Waals surface area contributed by atoms with Crippen LogP contribution in [-0.2, 0) is 6.54 Å². The topological polar surface area (TPSA) is 68.5 Å². The van der Waals surface area contributed by atoms with Crippen LogP contribution < -0.4 is 10.2 Å². The van der Waals surface area contributed by atoms with E-state index in [1.807, 2.05) is 36.4 Å². The Balaban J connectivity index is 1.60. The Morgan fingerprint density at radius 1 is 1.12 bits per heavy atom. The fourth-order valence-corrected chi connectivity index (χ4v) is 4.01. The second kappa shape index (κ2) is 10.1. The van der Waals surface area contributed by atoms with E-state index in [-0.39, 0.29) is 5.91 Å². The first-order valence-electron chi connectivity index (χ1n) is 10.4. The molecular formula is C25H22Cl2N4O2. The summed E-state index contributed by atoms with van der Waals surface area (Å²) in [5.74, 6) is 1.17. The Hall–Kier alpha value is -3.35. The van der Waals surface area contributed by atoms with Gasteiger partial charge in [-0.25, -0.2) is 10.4 Å². The van der Waals surface area contributed by atoms with Crippen molar-refractivity contribution in [2.45, 2.75) is 19.9 Å². The molecule has 0 saturated heterocycles. The zero-order valence-corrected chi connectivity index (χ0v) is 19.7. The SMILES string of the molecule is CCCn1c(-c2ccc(Cl)cc2Cl)nc2cc(C(=O)N/N=C/c3ccc(OC)cc3)ccc21. The van der Waals surface area contributed by atoms with Gasteiger partial charge in [0, 0.05) is 22.7 Å². The van der Waals surface area contributed by atoms with Crippen LogP contribution in [0, 0.1) is 0 Å². The molecule has 8 heteroatoms. The van der Waals surface area contributed by atoms with E-state index in [1.54, 1.807) is 37.6 Å². The minimum Gasteiger partial charge on any atom is -0.497 e. The highest BCUT2D eigenvalue weighted by Gasteiger charge is 2.16. The lowest BCUT2D eigenvalue weighted by Crippen LogP contribution is -2.17. The minimum absolute atomic E-state index is 0.322. The number of amides is 1. The Morgan fingerprint density at radius 2 is 1.91 bits per heavy atom. The summed E-state index contributed by atoms with van der Waals surface area (Å²) in [5.41, 5.74) is 6.29. The monoisotopic (exact) mass is 480 g/mol. The summed E-state index contributed by atoms with van der Waals surface area (Å²) in [5, 5.41) is 5.15. The fraction of sp³-hybridized carbons (Fsp3) is 0.160. The summed E-state index contributed by atoms with van der Waals surface area (Å²) in [4.78, 5) is 17.4. The summed E-state index contributed by atoms with van der Waals surface area (Å²) in [6.07, 6.45) is 2.50. The van der Waals surface area contributed by atoms with Gasteiger partial charge in [-0.2, -0.15) is 5.10 Å². The van der Waals surface area contributed by atoms with E-state index in [0.29, 0.717) is 21.1 Å². The van der Waals surface area contributed by atoms with Crippen molar-refractivity contribution in [2.75, 3.05) is 7.11 Å². The average molecular weight is 481 g/mol. The summed E-state index contributed by atoms with van der Waals surface area (Å²) in [6, 6.07) is 18.1. The molecule has 0 aliphatic heterocycles. The highest BCUT2D eigenvalue weighted by atomic mass is 35.5. The maximum atomic E-state index is 12.6. The number of carbonyl (C=O) groups is 1. The van der Waals surface area contributed by atoms with Crippen LogP contribution in [-0.4, -0.2) is 28.8 Å². The van der Waals surface area contributed by atoms with Gasteiger partial charge in [-0.1, -0.05) is 30.1 Å². The van der Waals surface area contributed by atoms with E-state index in [2.05, 4.69) is 22.0 Å². The Labute approximate surface area is 201 Å². The van der Waals surface area contributed by atoms with Gasteiger partial charge >= 0.3 is 0 Å². The molecule has 6 nitrogen and oxygen atoms in total. The number of carbonyl (C=O) groups excluding carboxylic acids is 1. The van der Waals surface area contributed by atoms with Gasteiger partial charge < -0.3 is 9.30 Å². The number of imidazole rings is 1. The van der Waals surface area contributed by atoms with Crippen molar-refractivity contribution < 1.29 is 9.53 Å². The highest BCUT2D eigenvalue weighted by molar-refractivity contribution is 6.36. The number of hydrogen-bond donors (Lipinski definition) is 1. The van der Waals surface area contributed by atoms with Crippen LogP contribution in [0.15, 0.2) is 65.8 Å². The third-order valence-electron chi connectivity index (χ3n) is 5.13. The molecule has 0 spiro atoms. The number of methoxy groups -OCH3 is 1. The van der Waals surface area contributed by atoms with Crippen LogP contribution in [0.25, 0.3) is 22.4 Å². The molecule has 1 N–H and O–H groups in total. The molecule has 4 aromatic rings. The zero-order chi connectivity index (χ0) is 23.4. The molecule has 0 saturated carbocycles. The second-order valence-electron chi connectivity index (χ2n) is 7.39.